The molecule has 2 unspecified atom stereocenters. The Morgan fingerprint density at radius 2 is 1.91 bits per heavy atom. The van der Waals surface area contributed by atoms with Crippen LogP contribution >= 0.6 is 12.2 Å². The SMILES string of the molecule is O=C(c1ccc(-c2n[nH]c(=S)o2)cc1)N1C2CCC1CC(O)C2. The number of amides is 1. The minimum atomic E-state index is -0.271. The number of carbonyl (C=O) groups is 1. The number of aliphatic hydroxyl groups is 1. The van der Waals surface area contributed by atoms with E-state index >= 15 is 0 Å². The lowest BCUT2D eigenvalue weighted by molar-refractivity contribution is 0.0287. The molecule has 7 heteroatoms. The highest BCUT2D eigenvalue weighted by atomic mass is 32.1. The number of aromatic nitrogens is 2. The second-order valence-electron chi connectivity index (χ2n) is 6.22. The monoisotopic (exact) mass is 331 g/mol. The van der Waals surface area contributed by atoms with Crippen molar-refractivity contribution < 1.29 is 14.3 Å². The molecule has 2 saturated heterocycles. The summed E-state index contributed by atoms with van der Waals surface area (Å²) in [6.07, 6.45) is 3.08. The van der Waals surface area contributed by atoms with Crippen LogP contribution in [-0.2, 0) is 0 Å². The molecule has 1 aromatic heterocycles. The van der Waals surface area contributed by atoms with Crippen LogP contribution in [-0.4, -0.2) is 44.3 Å². The van der Waals surface area contributed by atoms with Crippen molar-refractivity contribution in [1.82, 2.24) is 15.1 Å². The highest BCUT2D eigenvalue weighted by molar-refractivity contribution is 7.71. The summed E-state index contributed by atoms with van der Waals surface area (Å²) in [5.74, 6) is 0.453. The summed E-state index contributed by atoms with van der Waals surface area (Å²) >= 11 is 4.86. The molecular weight excluding hydrogens is 314 g/mol. The lowest BCUT2D eigenvalue weighted by atomic mass is 9.98. The number of nitrogens with zero attached hydrogens (tertiary/aromatic N) is 2. The Bertz CT molecular complexity index is 768. The average molecular weight is 331 g/mol. The van der Waals surface area contributed by atoms with Gasteiger partial charge < -0.3 is 14.4 Å². The molecule has 2 N–H and O–H groups in total. The zero-order chi connectivity index (χ0) is 16.0. The molecule has 0 spiro atoms. The van der Waals surface area contributed by atoms with Gasteiger partial charge in [-0.3, -0.25) is 4.79 Å². The van der Waals surface area contributed by atoms with Crippen LogP contribution in [0.4, 0.5) is 0 Å². The van der Waals surface area contributed by atoms with Crippen molar-refractivity contribution >= 4 is 18.1 Å². The first kappa shape index (κ1) is 14.6. The fourth-order valence-electron chi connectivity index (χ4n) is 3.74. The first-order valence-electron chi connectivity index (χ1n) is 7.78. The third kappa shape index (κ3) is 2.60. The molecule has 0 radical (unpaired) electrons. The lowest BCUT2D eigenvalue weighted by Gasteiger charge is -2.37. The van der Waals surface area contributed by atoms with E-state index in [1.165, 1.54) is 0 Å². The number of aromatic amines is 1. The second-order valence-corrected chi connectivity index (χ2v) is 6.59. The molecule has 23 heavy (non-hydrogen) atoms. The van der Waals surface area contributed by atoms with E-state index in [1.807, 2.05) is 17.0 Å². The van der Waals surface area contributed by atoms with Gasteiger partial charge in [0, 0.05) is 23.2 Å². The Morgan fingerprint density at radius 1 is 1.26 bits per heavy atom. The highest BCUT2D eigenvalue weighted by Gasteiger charge is 2.42. The van der Waals surface area contributed by atoms with Crippen molar-refractivity contribution in [2.24, 2.45) is 0 Å². The largest absolute Gasteiger partial charge is 0.409 e. The molecule has 0 saturated carbocycles. The van der Waals surface area contributed by atoms with Gasteiger partial charge in [0.15, 0.2) is 0 Å². The number of hydrogen-bond acceptors (Lipinski definition) is 5. The molecule has 1 aromatic carbocycles. The predicted octanol–water partition coefficient (Wildman–Crippen LogP) is 2.53. The number of H-pyrrole nitrogens is 1. The number of rotatable bonds is 2. The molecule has 2 aliphatic rings. The molecule has 2 aromatic rings. The molecule has 3 heterocycles. The molecule has 6 nitrogen and oxygen atoms in total. The van der Waals surface area contributed by atoms with Crippen molar-refractivity contribution in [2.45, 2.75) is 43.9 Å². The quantitative estimate of drug-likeness (QED) is 0.826. The number of benzene rings is 1. The maximum absolute atomic E-state index is 12.8. The molecular formula is C16H17N3O3S. The van der Waals surface area contributed by atoms with Gasteiger partial charge >= 0.3 is 0 Å². The Morgan fingerprint density at radius 3 is 2.48 bits per heavy atom. The molecule has 2 atom stereocenters. The van der Waals surface area contributed by atoms with Crippen molar-refractivity contribution in [1.29, 1.82) is 0 Å². The van der Waals surface area contributed by atoms with Gasteiger partial charge in [0.25, 0.3) is 10.7 Å². The summed E-state index contributed by atoms with van der Waals surface area (Å²) in [6.45, 7) is 0. The average Bonchev–Trinajstić information content (AvgIpc) is 3.09. The Kier molecular flexibility index (Phi) is 3.54. The fourth-order valence-corrected chi connectivity index (χ4v) is 3.86. The van der Waals surface area contributed by atoms with Crippen molar-refractivity contribution in [2.75, 3.05) is 0 Å². The lowest BCUT2D eigenvalue weighted by Crippen LogP contribution is -2.47. The van der Waals surface area contributed by atoms with E-state index < -0.39 is 0 Å². The van der Waals surface area contributed by atoms with Crippen LogP contribution in [0.3, 0.4) is 0 Å². The fraction of sp³-hybridized carbons (Fsp3) is 0.438. The maximum atomic E-state index is 12.8. The minimum absolute atomic E-state index is 0.0406. The van der Waals surface area contributed by atoms with Gasteiger partial charge in [-0.25, -0.2) is 5.10 Å². The number of piperidine rings is 1. The van der Waals surface area contributed by atoms with Crippen LogP contribution in [0.1, 0.15) is 36.0 Å². The third-order valence-electron chi connectivity index (χ3n) is 4.76. The second kappa shape index (κ2) is 5.58. The van der Waals surface area contributed by atoms with Crippen LogP contribution in [0.15, 0.2) is 28.7 Å². The van der Waals surface area contributed by atoms with Gasteiger partial charge in [-0.15, -0.1) is 5.10 Å². The van der Waals surface area contributed by atoms with Gasteiger partial charge in [-0.05, 0) is 62.2 Å². The topological polar surface area (TPSA) is 82.4 Å². The van der Waals surface area contributed by atoms with Gasteiger partial charge in [-0.1, -0.05) is 0 Å². The van der Waals surface area contributed by atoms with Gasteiger partial charge in [-0.2, -0.15) is 0 Å². The summed E-state index contributed by atoms with van der Waals surface area (Å²) in [6, 6.07) is 7.52. The molecule has 1 amide bonds. The smallest absolute Gasteiger partial charge is 0.284 e. The highest BCUT2D eigenvalue weighted by Crippen LogP contribution is 2.36. The first-order chi connectivity index (χ1) is 11.1. The van der Waals surface area contributed by atoms with Gasteiger partial charge in [0.1, 0.15) is 0 Å². The van der Waals surface area contributed by atoms with Crippen LogP contribution in [0, 0.1) is 4.84 Å². The van der Waals surface area contributed by atoms with E-state index in [0.717, 1.165) is 18.4 Å². The first-order valence-corrected chi connectivity index (χ1v) is 8.19. The zero-order valence-electron chi connectivity index (χ0n) is 12.4. The van der Waals surface area contributed by atoms with E-state index in [1.54, 1.807) is 12.1 Å². The van der Waals surface area contributed by atoms with Crippen LogP contribution in [0.2, 0.25) is 0 Å². The van der Waals surface area contributed by atoms with E-state index in [-0.39, 0.29) is 28.9 Å². The molecule has 2 aliphatic heterocycles. The van der Waals surface area contributed by atoms with Crippen LogP contribution in [0.5, 0.6) is 0 Å². The molecule has 2 bridgehead atoms. The molecule has 0 aliphatic carbocycles. The standard InChI is InChI=1S/C16H17N3O3S/c20-13-7-11-5-6-12(8-13)19(11)15(21)10-3-1-9(2-4-10)14-17-18-16(23)22-14/h1-4,11-13,20H,5-8H2,(H,18,23). The summed E-state index contributed by atoms with van der Waals surface area (Å²) in [4.78, 5) is 15.0. The Labute approximate surface area is 138 Å². The van der Waals surface area contributed by atoms with E-state index in [9.17, 15) is 9.90 Å². The minimum Gasteiger partial charge on any atom is -0.409 e. The van der Waals surface area contributed by atoms with Crippen LogP contribution < -0.4 is 0 Å². The zero-order valence-corrected chi connectivity index (χ0v) is 13.3. The van der Waals surface area contributed by atoms with E-state index in [2.05, 4.69) is 10.2 Å². The Hall–Kier alpha value is -1.99. The summed E-state index contributed by atoms with van der Waals surface area (Å²) < 4.78 is 5.27. The molecule has 120 valence electrons. The Balaban J connectivity index is 1.56. The van der Waals surface area contributed by atoms with Gasteiger partial charge in [0.2, 0.25) is 5.89 Å². The van der Waals surface area contributed by atoms with Crippen molar-refractivity contribution in [3.8, 4) is 11.5 Å². The third-order valence-corrected chi connectivity index (χ3v) is 4.93. The van der Waals surface area contributed by atoms with E-state index in [0.29, 0.717) is 24.3 Å². The van der Waals surface area contributed by atoms with Crippen molar-refractivity contribution in [3.63, 3.8) is 0 Å². The van der Waals surface area contributed by atoms with Crippen molar-refractivity contribution in [3.05, 3.63) is 34.7 Å². The number of fused-ring (bicyclic) bond motifs is 2. The molecule has 2 fully saturated rings. The predicted molar refractivity (Wildman–Crippen MR) is 85.3 cm³/mol. The van der Waals surface area contributed by atoms with E-state index in [4.69, 9.17) is 16.6 Å². The summed E-state index contributed by atoms with van der Waals surface area (Å²) in [5, 5.41) is 16.4. The number of carbonyl (C=O) groups excluding carboxylic acids is 1. The maximum Gasteiger partial charge on any atom is 0.284 e. The molecule has 4 rings (SSSR count). The van der Waals surface area contributed by atoms with Gasteiger partial charge in [0.05, 0.1) is 6.10 Å². The normalized spacial score (nSPS) is 26.5. The number of hydrogen-bond donors (Lipinski definition) is 2. The number of nitrogens with one attached hydrogen (secondary N) is 1. The summed E-state index contributed by atoms with van der Waals surface area (Å²) in [5.41, 5.74) is 1.42. The number of aliphatic hydroxyl groups excluding tert-OH is 1. The summed E-state index contributed by atoms with van der Waals surface area (Å²) in [7, 11) is 0. The van der Waals surface area contributed by atoms with Crippen LogP contribution in [0.25, 0.3) is 11.5 Å².